The van der Waals surface area contributed by atoms with Crippen LogP contribution in [0, 0.1) is 11.3 Å². The molecule has 0 spiro atoms. The zero-order valence-electron chi connectivity index (χ0n) is 10.8. The molecule has 1 aliphatic heterocycles. The van der Waals surface area contributed by atoms with E-state index in [-0.39, 0.29) is 11.3 Å². The summed E-state index contributed by atoms with van der Waals surface area (Å²) in [5, 5.41) is 3.35. The van der Waals surface area contributed by atoms with Crippen LogP contribution in [-0.2, 0) is 4.79 Å². The quantitative estimate of drug-likeness (QED) is 0.775. The van der Waals surface area contributed by atoms with E-state index in [1.54, 1.807) is 0 Å². The highest BCUT2D eigenvalue weighted by Gasteiger charge is 2.44. The van der Waals surface area contributed by atoms with Crippen LogP contribution in [-0.4, -0.2) is 19.0 Å². The summed E-state index contributed by atoms with van der Waals surface area (Å²) in [6, 6.07) is 0. The van der Waals surface area contributed by atoms with Crippen LogP contribution in [0.5, 0.6) is 0 Å². The molecule has 0 aromatic carbocycles. The lowest BCUT2D eigenvalue weighted by molar-refractivity contribution is -0.133. The minimum Gasteiger partial charge on any atom is -0.369 e. The monoisotopic (exact) mass is 238 g/mol. The molecule has 0 atom stereocenters. The maximum absolute atomic E-state index is 12.0. The molecule has 1 amide bonds. The lowest BCUT2D eigenvalue weighted by atomic mass is 9.64. The normalized spacial score (nSPS) is 27.1. The van der Waals surface area contributed by atoms with E-state index >= 15 is 0 Å². The van der Waals surface area contributed by atoms with Crippen molar-refractivity contribution in [2.45, 2.75) is 57.8 Å². The van der Waals surface area contributed by atoms with Gasteiger partial charge in [0.1, 0.15) is 0 Å². The number of nitrogens with one attached hydrogen (secondary N) is 1. The molecule has 0 unspecified atom stereocenters. The van der Waals surface area contributed by atoms with Crippen molar-refractivity contribution < 1.29 is 4.79 Å². The van der Waals surface area contributed by atoms with Gasteiger partial charge in [0.2, 0.25) is 5.91 Å². The topological polar surface area (TPSA) is 55.1 Å². The van der Waals surface area contributed by atoms with Crippen molar-refractivity contribution in [1.29, 1.82) is 0 Å². The van der Waals surface area contributed by atoms with Gasteiger partial charge in [-0.15, -0.1) is 0 Å². The van der Waals surface area contributed by atoms with Crippen LogP contribution in [0.2, 0.25) is 0 Å². The number of hydrogen-bond acceptors (Lipinski definition) is 2. The summed E-state index contributed by atoms with van der Waals surface area (Å²) < 4.78 is 0. The molecule has 0 aromatic heterocycles. The Labute approximate surface area is 105 Å². The number of piperidine rings is 1. The molecule has 0 bridgehead atoms. The summed E-state index contributed by atoms with van der Waals surface area (Å²) in [5.41, 5.74) is 5.56. The van der Waals surface area contributed by atoms with Crippen LogP contribution in [0.15, 0.2) is 0 Å². The first-order valence-corrected chi connectivity index (χ1v) is 7.26. The molecule has 3 nitrogen and oxygen atoms in total. The highest BCUT2D eigenvalue weighted by molar-refractivity contribution is 5.81. The number of carbonyl (C=O) groups excluding carboxylic acids is 1. The molecule has 2 fully saturated rings. The Morgan fingerprint density at radius 1 is 1.00 bits per heavy atom. The number of nitrogens with two attached hydrogens (primary N) is 1. The number of hydrogen-bond donors (Lipinski definition) is 2. The van der Waals surface area contributed by atoms with Crippen LogP contribution in [0.4, 0.5) is 0 Å². The van der Waals surface area contributed by atoms with Gasteiger partial charge in [-0.25, -0.2) is 0 Å². The summed E-state index contributed by atoms with van der Waals surface area (Å²) in [4.78, 5) is 12.0. The summed E-state index contributed by atoms with van der Waals surface area (Å²) in [7, 11) is 0. The van der Waals surface area contributed by atoms with Gasteiger partial charge in [-0.2, -0.15) is 0 Å². The average Bonchev–Trinajstić information content (AvgIpc) is 2.29. The van der Waals surface area contributed by atoms with Crippen molar-refractivity contribution >= 4 is 5.91 Å². The van der Waals surface area contributed by atoms with Crippen LogP contribution >= 0.6 is 0 Å². The lowest BCUT2D eigenvalue weighted by Crippen LogP contribution is -2.50. The first-order valence-electron chi connectivity index (χ1n) is 7.26. The summed E-state index contributed by atoms with van der Waals surface area (Å²) in [5.74, 6) is 0.506. The predicted octanol–water partition coefficient (Wildman–Crippen LogP) is 2.20. The Bertz CT molecular complexity index is 251. The van der Waals surface area contributed by atoms with Crippen molar-refractivity contribution in [3.8, 4) is 0 Å². The average molecular weight is 238 g/mol. The van der Waals surface area contributed by atoms with E-state index in [4.69, 9.17) is 5.73 Å². The second-order valence-electron chi connectivity index (χ2n) is 5.81. The number of rotatable bonds is 2. The molecule has 3 heteroatoms. The van der Waals surface area contributed by atoms with Crippen LogP contribution < -0.4 is 11.1 Å². The first-order chi connectivity index (χ1) is 8.26. The van der Waals surface area contributed by atoms with Gasteiger partial charge in [0, 0.05) is 0 Å². The Balaban J connectivity index is 2.09. The van der Waals surface area contributed by atoms with E-state index in [1.807, 2.05) is 0 Å². The largest absolute Gasteiger partial charge is 0.369 e. The third kappa shape index (κ3) is 2.82. The van der Waals surface area contributed by atoms with E-state index in [1.165, 1.54) is 44.9 Å². The van der Waals surface area contributed by atoms with Gasteiger partial charge in [0.05, 0.1) is 5.41 Å². The SMILES string of the molecule is NC(=O)C1(C2CCCCCCC2)CCNCC1. The minimum atomic E-state index is -0.192. The van der Waals surface area contributed by atoms with Gasteiger partial charge < -0.3 is 11.1 Å². The molecular formula is C14H26N2O. The summed E-state index contributed by atoms with van der Waals surface area (Å²) >= 11 is 0. The molecule has 98 valence electrons. The van der Waals surface area contributed by atoms with Crippen LogP contribution in [0.25, 0.3) is 0 Å². The van der Waals surface area contributed by atoms with E-state index in [0.717, 1.165) is 25.9 Å². The van der Waals surface area contributed by atoms with Gasteiger partial charge in [-0.1, -0.05) is 32.1 Å². The van der Waals surface area contributed by atoms with Crippen molar-refractivity contribution in [1.82, 2.24) is 5.32 Å². The van der Waals surface area contributed by atoms with Crippen LogP contribution in [0.3, 0.4) is 0 Å². The third-order valence-corrected chi connectivity index (χ3v) is 4.87. The Kier molecular flexibility index (Phi) is 4.43. The van der Waals surface area contributed by atoms with Gasteiger partial charge >= 0.3 is 0 Å². The standard InChI is InChI=1S/C14H26N2O/c15-13(17)14(8-10-16-11-9-14)12-6-4-2-1-3-5-7-12/h12,16H,1-11H2,(H2,15,17). The van der Waals surface area contributed by atoms with E-state index in [9.17, 15) is 4.79 Å². The van der Waals surface area contributed by atoms with Gasteiger partial charge in [0.15, 0.2) is 0 Å². The zero-order valence-corrected chi connectivity index (χ0v) is 10.8. The van der Waals surface area contributed by atoms with Gasteiger partial charge in [-0.3, -0.25) is 4.79 Å². The fourth-order valence-corrected chi connectivity index (χ4v) is 3.74. The maximum atomic E-state index is 12.0. The Morgan fingerprint density at radius 2 is 1.53 bits per heavy atom. The maximum Gasteiger partial charge on any atom is 0.224 e. The molecule has 2 rings (SSSR count). The second-order valence-corrected chi connectivity index (χ2v) is 5.81. The number of primary amides is 1. The van der Waals surface area contributed by atoms with Crippen molar-refractivity contribution in [2.24, 2.45) is 17.1 Å². The highest BCUT2D eigenvalue weighted by atomic mass is 16.1. The van der Waals surface area contributed by atoms with Gasteiger partial charge in [-0.05, 0) is 44.7 Å². The zero-order chi connectivity index (χ0) is 12.1. The van der Waals surface area contributed by atoms with Crippen LogP contribution in [0.1, 0.15) is 57.8 Å². The van der Waals surface area contributed by atoms with E-state index in [0.29, 0.717) is 5.92 Å². The number of carbonyl (C=O) groups is 1. The first kappa shape index (κ1) is 12.9. The predicted molar refractivity (Wildman–Crippen MR) is 69.5 cm³/mol. The molecule has 1 saturated heterocycles. The summed E-state index contributed by atoms with van der Waals surface area (Å²) in [6.45, 7) is 1.92. The fraction of sp³-hybridized carbons (Fsp3) is 0.929. The molecule has 1 heterocycles. The van der Waals surface area contributed by atoms with E-state index in [2.05, 4.69) is 5.32 Å². The van der Waals surface area contributed by atoms with Gasteiger partial charge in [0.25, 0.3) is 0 Å². The highest BCUT2D eigenvalue weighted by Crippen LogP contribution is 2.43. The smallest absolute Gasteiger partial charge is 0.224 e. The molecule has 0 aromatic rings. The fourth-order valence-electron chi connectivity index (χ4n) is 3.74. The Morgan fingerprint density at radius 3 is 2.06 bits per heavy atom. The number of amides is 1. The molecule has 0 radical (unpaired) electrons. The third-order valence-electron chi connectivity index (χ3n) is 4.87. The Hall–Kier alpha value is -0.570. The van der Waals surface area contributed by atoms with E-state index < -0.39 is 0 Å². The summed E-state index contributed by atoms with van der Waals surface area (Å²) in [6.07, 6.45) is 10.9. The van der Waals surface area contributed by atoms with Crippen molar-refractivity contribution in [3.05, 3.63) is 0 Å². The van der Waals surface area contributed by atoms with Crippen molar-refractivity contribution in [2.75, 3.05) is 13.1 Å². The van der Waals surface area contributed by atoms with Crippen molar-refractivity contribution in [3.63, 3.8) is 0 Å². The second kappa shape index (κ2) is 5.85. The molecule has 1 aliphatic carbocycles. The lowest BCUT2D eigenvalue weighted by Gasteiger charge is -2.42. The molecule has 3 N–H and O–H groups in total. The molecule has 17 heavy (non-hydrogen) atoms. The molecule has 1 saturated carbocycles. The minimum absolute atomic E-state index is 0.0374. The molecule has 2 aliphatic rings. The molecular weight excluding hydrogens is 212 g/mol.